The third-order valence-electron chi connectivity index (χ3n) is 3.11. The van der Waals surface area contributed by atoms with Crippen molar-refractivity contribution >= 4 is 17.3 Å². The summed E-state index contributed by atoms with van der Waals surface area (Å²) in [4.78, 5) is 22.1. The zero-order valence-corrected chi connectivity index (χ0v) is 12.4. The lowest BCUT2D eigenvalue weighted by Gasteiger charge is -2.08. The van der Waals surface area contributed by atoms with E-state index in [2.05, 4.69) is 14.8 Å². The number of benzene rings is 2. The number of carbonyl (C=O) groups excluding carboxylic acids is 1. The predicted molar refractivity (Wildman–Crippen MR) is 79.9 cm³/mol. The highest BCUT2D eigenvalue weighted by molar-refractivity contribution is 5.92. The predicted octanol–water partition coefficient (Wildman–Crippen LogP) is 2.93. The summed E-state index contributed by atoms with van der Waals surface area (Å²) in [6.45, 7) is -0.505. The lowest BCUT2D eigenvalue weighted by molar-refractivity contribution is -0.385. The highest BCUT2D eigenvalue weighted by atomic mass is 19.3. The minimum Gasteiger partial charge on any atom is -0.477 e. The number of carbonyl (C=O) groups is 1. The van der Waals surface area contributed by atoms with Crippen molar-refractivity contribution in [2.45, 2.75) is 6.29 Å². The number of nitrogens with zero attached hydrogens (tertiary/aromatic N) is 1. The average Bonchev–Trinajstić information content (AvgIpc) is 2.86. The first kappa shape index (κ1) is 16.4. The van der Waals surface area contributed by atoms with Crippen molar-refractivity contribution in [1.82, 2.24) is 0 Å². The number of alkyl halides is 2. The molecule has 2 aromatic carbocycles. The Kier molecular flexibility index (Phi) is 4.09. The Balaban J connectivity index is 1.62. The number of fused-ring (bicyclic) bond motifs is 1. The molecule has 0 aliphatic carbocycles. The van der Waals surface area contributed by atoms with E-state index in [1.165, 1.54) is 42.5 Å². The largest absolute Gasteiger partial charge is 0.586 e. The molecule has 0 spiro atoms. The molecule has 3 rings (SSSR count). The van der Waals surface area contributed by atoms with E-state index in [0.717, 1.165) is 0 Å². The van der Waals surface area contributed by atoms with Crippen LogP contribution in [0.4, 0.5) is 20.2 Å². The Morgan fingerprint density at radius 1 is 1.20 bits per heavy atom. The third-order valence-corrected chi connectivity index (χ3v) is 3.11. The van der Waals surface area contributed by atoms with E-state index in [0.29, 0.717) is 0 Å². The standard InChI is InChI=1S/C15H10F2N2O6/c16-15(17)24-12-6-5-9(7-13(12)25-15)18-14(20)8-23-11-4-2-1-3-10(11)19(21)22/h1-7H,8H2,(H,18,20). The minimum atomic E-state index is -3.75. The molecule has 1 aliphatic heterocycles. The van der Waals surface area contributed by atoms with Crippen LogP contribution in [0.3, 0.4) is 0 Å². The molecule has 0 unspecified atom stereocenters. The van der Waals surface area contributed by atoms with Gasteiger partial charge >= 0.3 is 12.0 Å². The summed E-state index contributed by atoms with van der Waals surface area (Å²) >= 11 is 0. The first-order valence-corrected chi connectivity index (χ1v) is 6.90. The number of hydrogen-bond donors (Lipinski definition) is 1. The van der Waals surface area contributed by atoms with Gasteiger partial charge in [0.25, 0.3) is 5.91 Å². The van der Waals surface area contributed by atoms with Gasteiger partial charge in [0.2, 0.25) is 0 Å². The molecule has 0 bridgehead atoms. The molecule has 1 amide bonds. The number of para-hydroxylation sites is 2. The Morgan fingerprint density at radius 2 is 1.92 bits per heavy atom. The average molecular weight is 352 g/mol. The number of anilines is 1. The quantitative estimate of drug-likeness (QED) is 0.656. The summed E-state index contributed by atoms with van der Waals surface area (Å²) in [6, 6.07) is 9.31. The van der Waals surface area contributed by atoms with Gasteiger partial charge in [0, 0.05) is 17.8 Å². The van der Waals surface area contributed by atoms with Gasteiger partial charge in [-0.15, -0.1) is 8.78 Å². The summed E-state index contributed by atoms with van der Waals surface area (Å²) in [6.07, 6.45) is -3.75. The van der Waals surface area contributed by atoms with Crippen LogP contribution < -0.4 is 19.5 Å². The first-order valence-electron chi connectivity index (χ1n) is 6.90. The van der Waals surface area contributed by atoms with E-state index >= 15 is 0 Å². The second kappa shape index (κ2) is 6.23. The van der Waals surface area contributed by atoms with Crippen molar-refractivity contribution in [3.63, 3.8) is 0 Å². The fourth-order valence-electron chi connectivity index (χ4n) is 2.10. The smallest absolute Gasteiger partial charge is 0.477 e. The molecule has 10 heteroatoms. The van der Waals surface area contributed by atoms with Crippen LogP contribution in [0.25, 0.3) is 0 Å². The zero-order chi connectivity index (χ0) is 18.0. The van der Waals surface area contributed by atoms with Crippen molar-refractivity contribution in [3.8, 4) is 17.2 Å². The third kappa shape index (κ3) is 3.74. The second-order valence-electron chi connectivity index (χ2n) is 4.89. The maximum atomic E-state index is 12.9. The van der Waals surface area contributed by atoms with Gasteiger partial charge in [0.05, 0.1) is 4.92 Å². The van der Waals surface area contributed by atoms with E-state index in [9.17, 15) is 23.7 Å². The van der Waals surface area contributed by atoms with Crippen LogP contribution in [-0.2, 0) is 4.79 Å². The molecule has 0 radical (unpaired) electrons. The number of rotatable bonds is 5. The fourth-order valence-corrected chi connectivity index (χ4v) is 2.10. The normalized spacial score (nSPS) is 14.0. The molecular weight excluding hydrogens is 342 g/mol. The van der Waals surface area contributed by atoms with Gasteiger partial charge in [-0.05, 0) is 18.2 Å². The molecule has 130 valence electrons. The Morgan fingerprint density at radius 3 is 2.68 bits per heavy atom. The number of nitro benzene ring substituents is 1. The van der Waals surface area contributed by atoms with Gasteiger partial charge in [-0.25, -0.2) is 0 Å². The highest BCUT2D eigenvalue weighted by Crippen LogP contribution is 2.42. The van der Waals surface area contributed by atoms with Crippen molar-refractivity contribution in [2.24, 2.45) is 0 Å². The molecule has 8 nitrogen and oxygen atoms in total. The van der Waals surface area contributed by atoms with Crippen molar-refractivity contribution in [3.05, 3.63) is 52.6 Å². The minimum absolute atomic E-state index is 0.0621. The molecule has 2 aromatic rings. The van der Waals surface area contributed by atoms with E-state index < -0.39 is 23.7 Å². The van der Waals surface area contributed by atoms with Crippen LogP contribution in [0.5, 0.6) is 17.2 Å². The maximum Gasteiger partial charge on any atom is 0.586 e. The molecule has 0 saturated heterocycles. The summed E-state index contributed by atoms with van der Waals surface area (Å²) in [7, 11) is 0. The fraction of sp³-hybridized carbons (Fsp3) is 0.133. The van der Waals surface area contributed by atoms with Crippen molar-refractivity contribution < 1.29 is 32.7 Å². The molecular formula is C15H10F2N2O6. The summed E-state index contributed by atoms with van der Waals surface area (Å²) < 4.78 is 39.5. The summed E-state index contributed by atoms with van der Waals surface area (Å²) in [5, 5.41) is 13.3. The SMILES string of the molecule is O=C(COc1ccccc1[N+](=O)[O-])Nc1ccc2c(c1)OC(F)(F)O2. The Hall–Kier alpha value is -3.43. The van der Waals surface area contributed by atoms with Crippen molar-refractivity contribution in [1.29, 1.82) is 0 Å². The molecule has 0 aromatic heterocycles. The van der Waals surface area contributed by atoms with Gasteiger partial charge in [0.15, 0.2) is 23.9 Å². The number of nitro groups is 1. The van der Waals surface area contributed by atoms with E-state index in [-0.39, 0.29) is 28.6 Å². The van der Waals surface area contributed by atoms with Gasteiger partial charge in [-0.1, -0.05) is 12.1 Å². The summed E-state index contributed by atoms with van der Waals surface area (Å²) in [5.74, 6) is -1.07. The molecule has 0 atom stereocenters. The molecule has 1 heterocycles. The summed E-state index contributed by atoms with van der Waals surface area (Å²) in [5.41, 5.74) is -0.100. The monoisotopic (exact) mass is 352 g/mol. The van der Waals surface area contributed by atoms with Gasteiger partial charge in [0.1, 0.15) is 0 Å². The Labute approximate surface area is 139 Å². The van der Waals surface area contributed by atoms with Crippen LogP contribution >= 0.6 is 0 Å². The lowest BCUT2D eigenvalue weighted by atomic mass is 10.3. The van der Waals surface area contributed by atoms with E-state index in [1.54, 1.807) is 0 Å². The van der Waals surface area contributed by atoms with E-state index in [1.807, 2.05) is 0 Å². The number of ether oxygens (including phenoxy) is 3. The van der Waals surface area contributed by atoms with Crippen molar-refractivity contribution in [2.75, 3.05) is 11.9 Å². The zero-order valence-electron chi connectivity index (χ0n) is 12.4. The first-order chi connectivity index (χ1) is 11.8. The topological polar surface area (TPSA) is 99.9 Å². The maximum absolute atomic E-state index is 12.9. The van der Waals surface area contributed by atoms with Gasteiger partial charge < -0.3 is 19.5 Å². The molecule has 0 fully saturated rings. The van der Waals surface area contributed by atoms with Crippen LogP contribution in [0.15, 0.2) is 42.5 Å². The number of amides is 1. The molecule has 25 heavy (non-hydrogen) atoms. The number of hydrogen-bond acceptors (Lipinski definition) is 6. The Bertz CT molecular complexity index is 843. The second-order valence-corrected chi connectivity index (χ2v) is 4.89. The van der Waals surface area contributed by atoms with Crippen LogP contribution in [0.1, 0.15) is 0 Å². The highest BCUT2D eigenvalue weighted by Gasteiger charge is 2.43. The molecule has 1 aliphatic rings. The number of halogens is 2. The van der Waals surface area contributed by atoms with Crippen LogP contribution in [0.2, 0.25) is 0 Å². The van der Waals surface area contributed by atoms with Crippen LogP contribution in [-0.4, -0.2) is 23.7 Å². The lowest BCUT2D eigenvalue weighted by Crippen LogP contribution is -2.25. The molecule has 1 N–H and O–H groups in total. The van der Waals surface area contributed by atoms with E-state index in [4.69, 9.17) is 4.74 Å². The molecule has 0 saturated carbocycles. The number of nitrogens with one attached hydrogen (secondary N) is 1. The van der Waals surface area contributed by atoms with Crippen LogP contribution in [0, 0.1) is 10.1 Å². The van der Waals surface area contributed by atoms with Gasteiger partial charge in [-0.2, -0.15) is 0 Å². The van der Waals surface area contributed by atoms with Gasteiger partial charge in [-0.3, -0.25) is 14.9 Å².